The summed E-state index contributed by atoms with van der Waals surface area (Å²) < 4.78 is 0. The highest BCUT2D eigenvalue weighted by Gasteiger charge is 2.24. The zero-order valence-electron chi connectivity index (χ0n) is 9.96. The van der Waals surface area contributed by atoms with E-state index in [9.17, 15) is 4.79 Å². The van der Waals surface area contributed by atoms with Gasteiger partial charge in [-0.05, 0) is 32.1 Å². The minimum absolute atomic E-state index is 0.0243. The molecule has 0 aromatic rings. The van der Waals surface area contributed by atoms with E-state index in [1.807, 2.05) is 6.92 Å². The van der Waals surface area contributed by atoms with Crippen molar-refractivity contribution in [2.75, 3.05) is 0 Å². The molecule has 0 aliphatic heterocycles. The predicted molar refractivity (Wildman–Crippen MR) is 62.4 cm³/mol. The monoisotopic (exact) mass is 212 g/mol. The van der Waals surface area contributed by atoms with Crippen molar-refractivity contribution in [3.63, 3.8) is 0 Å². The Morgan fingerprint density at radius 2 is 2.07 bits per heavy atom. The first-order valence-electron chi connectivity index (χ1n) is 6.21. The number of rotatable bonds is 5. The highest BCUT2D eigenvalue weighted by molar-refractivity contribution is 5.81. The fourth-order valence-corrected chi connectivity index (χ4v) is 2.35. The largest absolute Gasteiger partial charge is 0.352 e. The Labute approximate surface area is 92.8 Å². The van der Waals surface area contributed by atoms with E-state index in [2.05, 4.69) is 12.2 Å². The first kappa shape index (κ1) is 12.5. The number of amides is 1. The predicted octanol–water partition coefficient (Wildman–Crippen LogP) is 1.81. The summed E-state index contributed by atoms with van der Waals surface area (Å²) in [5.41, 5.74) is 5.76. The number of nitrogens with two attached hydrogens (primary N) is 1. The van der Waals surface area contributed by atoms with E-state index in [-0.39, 0.29) is 11.9 Å². The molecule has 15 heavy (non-hydrogen) atoms. The van der Waals surface area contributed by atoms with Gasteiger partial charge in [0.15, 0.2) is 0 Å². The third kappa shape index (κ3) is 3.82. The summed E-state index contributed by atoms with van der Waals surface area (Å²) in [7, 11) is 0. The summed E-state index contributed by atoms with van der Waals surface area (Å²) in [6, 6.07) is -0.0261. The van der Waals surface area contributed by atoms with Crippen LogP contribution in [0.4, 0.5) is 0 Å². The second kappa shape index (κ2) is 6.11. The SMILES string of the molecule is CCC[C@H](N)C(=O)NC(C)C1CCCC1. The maximum absolute atomic E-state index is 11.7. The molecule has 0 heterocycles. The van der Waals surface area contributed by atoms with Crippen LogP contribution in [0.5, 0.6) is 0 Å². The van der Waals surface area contributed by atoms with Crippen LogP contribution in [-0.4, -0.2) is 18.0 Å². The third-order valence-corrected chi connectivity index (χ3v) is 3.41. The Bertz CT molecular complexity index is 200. The molecule has 1 aliphatic carbocycles. The Hall–Kier alpha value is -0.570. The fraction of sp³-hybridized carbons (Fsp3) is 0.917. The maximum Gasteiger partial charge on any atom is 0.237 e. The summed E-state index contributed by atoms with van der Waals surface area (Å²) in [5.74, 6) is 0.694. The van der Waals surface area contributed by atoms with Gasteiger partial charge in [0.05, 0.1) is 6.04 Å². The van der Waals surface area contributed by atoms with Crippen molar-refractivity contribution in [3.05, 3.63) is 0 Å². The lowest BCUT2D eigenvalue weighted by Gasteiger charge is -2.22. The molecule has 1 unspecified atom stereocenters. The number of hydrogen-bond acceptors (Lipinski definition) is 2. The third-order valence-electron chi connectivity index (χ3n) is 3.41. The van der Waals surface area contributed by atoms with Gasteiger partial charge in [0.2, 0.25) is 5.91 Å². The lowest BCUT2D eigenvalue weighted by atomic mass is 9.99. The molecular weight excluding hydrogens is 188 g/mol. The van der Waals surface area contributed by atoms with Gasteiger partial charge < -0.3 is 11.1 Å². The average Bonchev–Trinajstić information content (AvgIpc) is 2.70. The molecule has 1 rings (SSSR count). The van der Waals surface area contributed by atoms with Gasteiger partial charge in [-0.1, -0.05) is 26.2 Å². The lowest BCUT2D eigenvalue weighted by Crippen LogP contribution is -2.46. The topological polar surface area (TPSA) is 55.1 Å². The van der Waals surface area contributed by atoms with Crippen LogP contribution in [0.2, 0.25) is 0 Å². The van der Waals surface area contributed by atoms with Crippen molar-refractivity contribution in [2.24, 2.45) is 11.7 Å². The number of nitrogens with one attached hydrogen (secondary N) is 1. The smallest absolute Gasteiger partial charge is 0.237 e. The molecule has 0 radical (unpaired) electrons. The molecule has 0 aromatic heterocycles. The van der Waals surface area contributed by atoms with Crippen LogP contribution in [0.25, 0.3) is 0 Å². The Balaban J connectivity index is 2.29. The van der Waals surface area contributed by atoms with Gasteiger partial charge in [-0.15, -0.1) is 0 Å². The van der Waals surface area contributed by atoms with Gasteiger partial charge in [0.1, 0.15) is 0 Å². The van der Waals surface area contributed by atoms with E-state index in [1.54, 1.807) is 0 Å². The van der Waals surface area contributed by atoms with E-state index < -0.39 is 0 Å². The zero-order valence-corrected chi connectivity index (χ0v) is 9.96. The van der Waals surface area contributed by atoms with Gasteiger partial charge in [-0.3, -0.25) is 4.79 Å². The molecule has 0 bridgehead atoms. The molecule has 1 amide bonds. The highest BCUT2D eigenvalue weighted by Crippen LogP contribution is 2.27. The van der Waals surface area contributed by atoms with Crippen LogP contribution in [0, 0.1) is 5.92 Å². The molecule has 88 valence electrons. The Morgan fingerprint density at radius 1 is 1.47 bits per heavy atom. The summed E-state index contributed by atoms with van der Waals surface area (Å²) in [6.45, 7) is 4.15. The molecule has 1 saturated carbocycles. The van der Waals surface area contributed by atoms with E-state index in [0.717, 1.165) is 12.8 Å². The van der Waals surface area contributed by atoms with Gasteiger partial charge in [-0.25, -0.2) is 0 Å². The van der Waals surface area contributed by atoms with Crippen LogP contribution in [-0.2, 0) is 4.79 Å². The molecule has 0 aromatic carbocycles. The molecule has 1 aliphatic rings. The van der Waals surface area contributed by atoms with Crippen LogP contribution in [0.15, 0.2) is 0 Å². The fourth-order valence-electron chi connectivity index (χ4n) is 2.35. The zero-order chi connectivity index (χ0) is 11.3. The number of carbonyl (C=O) groups excluding carboxylic acids is 1. The molecule has 1 fully saturated rings. The molecule has 0 spiro atoms. The quantitative estimate of drug-likeness (QED) is 0.730. The van der Waals surface area contributed by atoms with Crippen molar-refractivity contribution in [1.29, 1.82) is 0 Å². The summed E-state index contributed by atoms with van der Waals surface area (Å²) in [4.78, 5) is 11.7. The van der Waals surface area contributed by atoms with Gasteiger partial charge in [0.25, 0.3) is 0 Å². The molecular formula is C12H24N2O. The van der Waals surface area contributed by atoms with Crippen molar-refractivity contribution >= 4 is 5.91 Å². The Morgan fingerprint density at radius 3 is 2.60 bits per heavy atom. The molecule has 0 saturated heterocycles. The maximum atomic E-state index is 11.7. The number of carbonyl (C=O) groups is 1. The summed E-state index contributed by atoms with van der Waals surface area (Å²) in [6.07, 6.45) is 6.88. The van der Waals surface area contributed by atoms with E-state index in [4.69, 9.17) is 5.73 Å². The highest BCUT2D eigenvalue weighted by atomic mass is 16.2. The van der Waals surface area contributed by atoms with E-state index in [1.165, 1.54) is 25.7 Å². The summed E-state index contributed by atoms with van der Waals surface area (Å²) in [5, 5.41) is 3.04. The lowest BCUT2D eigenvalue weighted by molar-refractivity contribution is -0.123. The minimum atomic E-state index is -0.321. The van der Waals surface area contributed by atoms with Gasteiger partial charge >= 0.3 is 0 Å². The standard InChI is InChI=1S/C12H24N2O/c1-3-6-11(13)12(15)14-9(2)10-7-4-5-8-10/h9-11H,3-8,13H2,1-2H3,(H,14,15)/t9?,11-/m0/s1. The Kier molecular flexibility index (Phi) is 5.09. The second-order valence-corrected chi connectivity index (χ2v) is 4.74. The molecule has 3 heteroatoms. The molecule has 3 nitrogen and oxygen atoms in total. The van der Waals surface area contributed by atoms with Gasteiger partial charge in [-0.2, -0.15) is 0 Å². The van der Waals surface area contributed by atoms with Crippen LogP contribution in [0.1, 0.15) is 52.4 Å². The molecule has 2 atom stereocenters. The van der Waals surface area contributed by atoms with Crippen LogP contribution >= 0.6 is 0 Å². The normalized spacial score (nSPS) is 21.3. The molecule has 3 N–H and O–H groups in total. The van der Waals surface area contributed by atoms with E-state index in [0.29, 0.717) is 12.0 Å². The summed E-state index contributed by atoms with van der Waals surface area (Å²) >= 11 is 0. The van der Waals surface area contributed by atoms with Crippen molar-refractivity contribution in [2.45, 2.75) is 64.5 Å². The second-order valence-electron chi connectivity index (χ2n) is 4.74. The van der Waals surface area contributed by atoms with Crippen molar-refractivity contribution in [1.82, 2.24) is 5.32 Å². The first-order chi connectivity index (χ1) is 7.15. The number of hydrogen-bond donors (Lipinski definition) is 2. The average molecular weight is 212 g/mol. The van der Waals surface area contributed by atoms with Crippen LogP contribution in [0.3, 0.4) is 0 Å². The minimum Gasteiger partial charge on any atom is -0.352 e. The first-order valence-corrected chi connectivity index (χ1v) is 6.21. The van der Waals surface area contributed by atoms with Crippen LogP contribution < -0.4 is 11.1 Å². The van der Waals surface area contributed by atoms with Gasteiger partial charge in [0, 0.05) is 6.04 Å². The van der Waals surface area contributed by atoms with Crippen molar-refractivity contribution < 1.29 is 4.79 Å². The van der Waals surface area contributed by atoms with Crippen molar-refractivity contribution in [3.8, 4) is 0 Å². The van der Waals surface area contributed by atoms with E-state index >= 15 is 0 Å².